The first-order chi connectivity index (χ1) is 14.7. The third-order valence-electron chi connectivity index (χ3n) is 6.66. The molecule has 0 unspecified atom stereocenters. The average molecular weight is 443 g/mol. The van der Waals surface area contributed by atoms with Crippen molar-refractivity contribution in [2.75, 3.05) is 37.6 Å². The lowest BCUT2D eigenvalue weighted by Crippen LogP contribution is -2.52. The highest BCUT2D eigenvalue weighted by molar-refractivity contribution is 6.33. The molecule has 2 aromatic carbocycles. The Morgan fingerprint density at radius 2 is 1.70 bits per heavy atom. The maximum absolute atomic E-state index is 6.37. The lowest BCUT2D eigenvalue weighted by Gasteiger charge is -2.41. The summed E-state index contributed by atoms with van der Waals surface area (Å²) in [5.74, 6) is 1.22. The van der Waals surface area contributed by atoms with Crippen molar-refractivity contribution < 1.29 is 0 Å². The minimum atomic E-state index is 0.655. The van der Waals surface area contributed by atoms with Crippen LogP contribution in [0.3, 0.4) is 0 Å². The Bertz CT molecular complexity index is 931. The number of rotatable bonds is 3. The predicted octanol–water partition coefficient (Wildman–Crippen LogP) is 5.60. The zero-order chi connectivity index (χ0) is 20.5. The highest BCUT2D eigenvalue weighted by atomic mass is 35.5. The number of hydrogen-bond acceptors (Lipinski definition) is 4. The smallest absolute Gasteiger partial charge is 0.125 e. The Kier molecular flexibility index (Phi) is 5.90. The van der Waals surface area contributed by atoms with E-state index in [4.69, 9.17) is 28.2 Å². The van der Waals surface area contributed by atoms with Crippen molar-refractivity contribution in [3.05, 3.63) is 58.1 Å². The van der Waals surface area contributed by atoms with Gasteiger partial charge in [0.1, 0.15) is 5.84 Å². The maximum Gasteiger partial charge on any atom is 0.125 e. The number of fused-ring (bicyclic) bond motifs is 1. The molecular weight excluding hydrogens is 415 g/mol. The Morgan fingerprint density at radius 3 is 2.50 bits per heavy atom. The van der Waals surface area contributed by atoms with Gasteiger partial charge in [-0.3, -0.25) is 4.90 Å². The Morgan fingerprint density at radius 1 is 0.933 bits per heavy atom. The summed E-state index contributed by atoms with van der Waals surface area (Å²) in [7, 11) is 0. The van der Waals surface area contributed by atoms with E-state index in [1.807, 2.05) is 18.2 Å². The number of nitrogens with zero attached hydrogens (tertiary/aromatic N) is 4. The topological polar surface area (TPSA) is 22.1 Å². The van der Waals surface area contributed by atoms with Gasteiger partial charge in [-0.25, -0.2) is 4.99 Å². The van der Waals surface area contributed by atoms with Crippen LogP contribution in [0, 0.1) is 0 Å². The van der Waals surface area contributed by atoms with Crippen LogP contribution in [0.25, 0.3) is 0 Å². The molecule has 0 amide bonds. The molecule has 1 saturated carbocycles. The fourth-order valence-corrected chi connectivity index (χ4v) is 5.37. The first-order valence-electron chi connectivity index (χ1n) is 11.0. The molecule has 2 aromatic rings. The van der Waals surface area contributed by atoms with Crippen molar-refractivity contribution in [3.8, 4) is 0 Å². The van der Waals surface area contributed by atoms with Crippen LogP contribution in [0.4, 0.5) is 11.4 Å². The van der Waals surface area contributed by atoms with Crippen molar-refractivity contribution in [2.24, 2.45) is 4.99 Å². The molecule has 2 heterocycles. The van der Waals surface area contributed by atoms with Gasteiger partial charge >= 0.3 is 0 Å². The van der Waals surface area contributed by atoms with Crippen molar-refractivity contribution in [1.82, 2.24) is 9.80 Å². The molecule has 0 aromatic heterocycles. The molecule has 1 aliphatic carbocycles. The van der Waals surface area contributed by atoms with Crippen LogP contribution in [0.1, 0.15) is 31.2 Å². The van der Waals surface area contributed by atoms with Gasteiger partial charge in [0.15, 0.2) is 0 Å². The number of anilines is 1. The van der Waals surface area contributed by atoms with Crippen LogP contribution in [-0.4, -0.2) is 54.4 Å². The van der Waals surface area contributed by atoms with Crippen molar-refractivity contribution in [3.63, 3.8) is 0 Å². The van der Waals surface area contributed by atoms with Gasteiger partial charge in [-0.2, -0.15) is 0 Å². The van der Waals surface area contributed by atoms with Crippen LogP contribution in [0.15, 0.2) is 47.5 Å². The largest absolute Gasteiger partial charge is 0.359 e. The number of para-hydroxylation sites is 2. The highest BCUT2D eigenvalue weighted by Crippen LogP contribution is 2.37. The fourth-order valence-electron chi connectivity index (χ4n) is 5.00. The molecule has 5 rings (SSSR count). The number of halogens is 2. The molecule has 0 radical (unpaired) electrons. The molecule has 2 aliphatic heterocycles. The molecule has 0 atom stereocenters. The third-order valence-corrected chi connectivity index (χ3v) is 7.26. The van der Waals surface area contributed by atoms with Crippen molar-refractivity contribution >= 4 is 40.4 Å². The number of benzene rings is 2. The standard InChI is InChI=1S/C24H28Cl2N4/c25-19-9-10-21(26)18(15-19)16-28-11-13-29(14-12-28)24-17-30(20-5-1-2-6-20)23-8-4-3-7-22(23)27-24/h3-4,7-10,15,20H,1-2,5-6,11-14,16-17H2. The van der Waals surface area contributed by atoms with E-state index in [-0.39, 0.29) is 0 Å². The minimum absolute atomic E-state index is 0.655. The second-order valence-corrected chi connectivity index (χ2v) is 9.43. The molecule has 4 nitrogen and oxygen atoms in total. The number of amidine groups is 1. The molecule has 30 heavy (non-hydrogen) atoms. The monoisotopic (exact) mass is 442 g/mol. The summed E-state index contributed by atoms with van der Waals surface area (Å²) in [4.78, 5) is 12.6. The zero-order valence-corrected chi connectivity index (χ0v) is 18.7. The van der Waals surface area contributed by atoms with Gasteiger partial charge in [0.2, 0.25) is 0 Å². The average Bonchev–Trinajstić information content (AvgIpc) is 3.31. The molecule has 0 spiro atoms. The summed E-state index contributed by atoms with van der Waals surface area (Å²) >= 11 is 12.5. The highest BCUT2D eigenvalue weighted by Gasteiger charge is 2.31. The molecule has 158 valence electrons. The SMILES string of the molecule is Clc1ccc(Cl)c(CN2CCN(C3=Nc4ccccc4N(C4CCCC4)C3)CC2)c1. The van der Waals surface area contributed by atoms with E-state index in [0.717, 1.165) is 60.6 Å². The van der Waals surface area contributed by atoms with Gasteiger partial charge in [-0.15, -0.1) is 0 Å². The van der Waals surface area contributed by atoms with Crippen LogP contribution in [0.5, 0.6) is 0 Å². The van der Waals surface area contributed by atoms with E-state index < -0.39 is 0 Å². The summed E-state index contributed by atoms with van der Waals surface area (Å²) in [6.45, 7) is 5.79. The van der Waals surface area contributed by atoms with Gasteiger partial charge in [0.25, 0.3) is 0 Å². The first kappa shape index (κ1) is 20.2. The van der Waals surface area contributed by atoms with Crippen LogP contribution >= 0.6 is 23.2 Å². The molecule has 0 N–H and O–H groups in total. The summed E-state index contributed by atoms with van der Waals surface area (Å²) in [6, 6.07) is 15.0. The molecule has 6 heteroatoms. The Labute approximate surface area is 189 Å². The second-order valence-electron chi connectivity index (χ2n) is 8.58. The normalized spacial score (nSPS) is 20.4. The molecule has 2 fully saturated rings. The van der Waals surface area contributed by atoms with E-state index in [0.29, 0.717) is 6.04 Å². The lowest BCUT2D eigenvalue weighted by atomic mass is 10.1. The van der Waals surface area contributed by atoms with E-state index in [9.17, 15) is 0 Å². The Balaban J connectivity index is 1.28. The molecule has 3 aliphatic rings. The summed E-state index contributed by atoms with van der Waals surface area (Å²) in [5, 5.41) is 1.54. The number of aliphatic imine (C=N–C) groups is 1. The summed E-state index contributed by atoms with van der Waals surface area (Å²) in [6.07, 6.45) is 5.30. The quantitative estimate of drug-likeness (QED) is 0.616. The van der Waals surface area contributed by atoms with E-state index in [2.05, 4.69) is 39.0 Å². The first-order valence-corrected chi connectivity index (χ1v) is 11.8. The maximum atomic E-state index is 6.37. The van der Waals surface area contributed by atoms with Crippen molar-refractivity contribution in [1.29, 1.82) is 0 Å². The van der Waals surface area contributed by atoms with Gasteiger partial charge < -0.3 is 9.80 Å². The van der Waals surface area contributed by atoms with Gasteiger partial charge in [0.05, 0.1) is 17.9 Å². The Hall–Kier alpha value is -1.75. The van der Waals surface area contributed by atoms with E-state index in [1.165, 1.54) is 37.2 Å². The molecular formula is C24H28Cl2N4. The number of hydrogen-bond donors (Lipinski definition) is 0. The summed E-state index contributed by atoms with van der Waals surface area (Å²) in [5.41, 5.74) is 3.54. The van der Waals surface area contributed by atoms with Crippen LogP contribution < -0.4 is 4.90 Å². The molecule has 1 saturated heterocycles. The fraction of sp³-hybridized carbons (Fsp3) is 0.458. The van der Waals surface area contributed by atoms with Gasteiger partial charge in [-0.05, 0) is 48.7 Å². The lowest BCUT2D eigenvalue weighted by molar-refractivity contribution is 0.174. The second kappa shape index (κ2) is 8.78. The third kappa shape index (κ3) is 4.18. The predicted molar refractivity (Wildman–Crippen MR) is 126 cm³/mol. The van der Waals surface area contributed by atoms with Crippen LogP contribution in [0.2, 0.25) is 10.0 Å². The minimum Gasteiger partial charge on any atom is -0.359 e. The number of piperazine rings is 1. The van der Waals surface area contributed by atoms with Gasteiger partial charge in [-0.1, -0.05) is 48.2 Å². The molecule has 0 bridgehead atoms. The zero-order valence-electron chi connectivity index (χ0n) is 17.2. The van der Waals surface area contributed by atoms with E-state index in [1.54, 1.807) is 0 Å². The van der Waals surface area contributed by atoms with Gasteiger partial charge in [0, 0.05) is 48.8 Å². The van der Waals surface area contributed by atoms with Crippen molar-refractivity contribution in [2.45, 2.75) is 38.3 Å². The van der Waals surface area contributed by atoms with Crippen LogP contribution in [-0.2, 0) is 6.54 Å². The van der Waals surface area contributed by atoms with E-state index >= 15 is 0 Å². The summed E-state index contributed by atoms with van der Waals surface area (Å²) < 4.78 is 0.